The Balaban J connectivity index is 1.38. The lowest BCUT2D eigenvalue weighted by atomic mass is 9.49. The minimum atomic E-state index is -0.388. The molecule has 0 unspecified atom stereocenters. The van der Waals surface area contributed by atoms with E-state index in [0.29, 0.717) is 5.41 Å². The largest absolute Gasteiger partial charge is 0.390 e. The summed E-state index contributed by atoms with van der Waals surface area (Å²) < 4.78 is 0. The molecule has 27 heavy (non-hydrogen) atoms. The Labute approximate surface area is 166 Å². The summed E-state index contributed by atoms with van der Waals surface area (Å²) in [5.74, 6) is 5.33. The quantitative estimate of drug-likeness (QED) is 0.603. The predicted octanol–water partition coefficient (Wildman–Crippen LogP) is 6.48. The summed E-state index contributed by atoms with van der Waals surface area (Å²) in [5, 5.41) is 10.6. The van der Waals surface area contributed by atoms with E-state index in [1.54, 1.807) is 5.56 Å². The Hall–Kier alpha value is -0.820. The average Bonchev–Trinajstić information content (AvgIpc) is 2.98. The maximum Gasteiger partial charge on any atom is 0.0622 e. The van der Waals surface area contributed by atoms with Gasteiger partial charge in [-0.1, -0.05) is 36.8 Å². The molecule has 8 atom stereocenters. The minimum absolute atomic E-state index is 0.388. The third kappa shape index (κ3) is 2.91. The highest BCUT2D eigenvalue weighted by atomic mass is 16.3. The molecule has 4 fully saturated rings. The first-order valence-electron chi connectivity index (χ1n) is 11.7. The number of hydrogen-bond acceptors (Lipinski definition) is 1. The van der Waals surface area contributed by atoms with Crippen LogP contribution in [0.3, 0.4) is 0 Å². The fourth-order valence-electron chi connectivity index (χ4n) is 8.43. The van der Waals surface area contributed by atoms with E-state index in [9.17, 15) is 5.11 Å². The zero-order valence-corrected chi connectivity index (χ0v) is 17.6. The smallest absolute Gasteiger partial charge is 0.0622 e. The monoisotopic (exact) mass is 366 g/mol. The number of hydrogen-bond donors (Lipinski definition) is 1. The molecule has 5 rings (SSSR count). The summed E-state index contributed by atoms with van der Waals surface area (Å²) in [5.41, 5.74) is 3.12. The van der Waals surface area contributed by atoms with E-state index in [1.807, 2.05) is 0 Å². The molecule has 4 aliphatic rings. The van der Waals surface area contributed by atoms with Crippen LogP contribution in [-0.2, 0) is 0 Å². The Bertz CT molecular complexity index is 689. The number of rotatable bonds is 1. The van der Waals surface area contributed by atoms with Crippen LogP contribution in [0.15, 0.2) is 24.3 Å². The van der Waals surface area contributed by atoms with Crippen LogP contribution in [-0.4, -0.2) is 10.7 Å². The molecular formula is C26H38O. The molecule has 1 N–H and O–H groups in total. The van der Waals surface area contributed by atoms with Crippen molar-refractivity contribution in [3.63, 3.8) is 0 Å². The Morgan fingerprint density at radius 1 is 0.815 bits per heavy atom. The van der Waals surface area contributed by atoms with Crippen molar-refractivity contribution in [1.82, 2.24) is 0 Å². The molecule has 148 valence electrons. The van der Waals surface area contributed by atoms with E-state index in [4.69, 9.17) is 0 Å². The molecule has 4 aliphatic carbocycles. The molecule has 0 aliphatic heterocycles. The number of fused-ring (bicyclic) bond motifs is 5. The third-order valence-electron chi connectivity index (χ3n) is 9.72. The summed E-state index contributed by atoms with van der Waals surface area (Å²) in [6.45, 7) is 6.92. The second-order valence-corrected chi connectivity index (χ2v) is 11.3. The highest BCUT2D eigenvalue weighted by Gasteiger charge is 2.57. The normalized spacial score (nSPS) is 49.2. The van der Waals surface area contributed by atoms with Gasteiger partial charge in [0.05, 0.1) is 5.60 Å². The topological polar surface area (TPSA) is 20.2 Å². The standard InChI is InChI=1S/C26H38O/c1-17-4-6-18(7-5-17)23-10-11-24-22-9-8-19-16-25(2,27)14-12-20(19)21(22)13-15-26(23,24)3/h4-7,19-24,27H,8-16H2,1-3H3/t19-,20+,21-,22-,23-,24+,25-,26-/m1/s1. The van der Waals surface area contributed by atoms with Gasteiger partial charge in [-0.15, -0.1) is 0 Å². The van der Waals surface area contributed by atoms with Crippen molar-refractivity contribution >= 4 is 0 Å². The van der Waals surface area contributed by atoms with E-state index in [2.05, 4.69) is 45.0 Å². The van der Waals surface area contributed by atoms with Crippen LogP contribution in [0.5, 0.6) is 0 Å². The fourth-order valence-corrected chi connectivity index (χ4v) is 8.43. The molecule has 1 aromatic rings. The number of benzene rings is 1. The van der Waals surface area contributed by atoms with Gasteiger partial charge in [-0.25, -0.2) is 0 Å². The lowest BCUT2D eigenvalue weighted by Gasteiger charge is -2.57. The van der Waals surface area contributed by atoms with Crippen molar-refractivity contribution in [2.75, 3.05) is 0 Å². The molecule has 0 aromatic heterocycles. The number of aliphatic hydroxyl groups is 1. The van der Waals surface area contributed by atoms with E-state index in [1.165, 1.54) is 50.5 Å². The highest BCUT2D eigenvalue weighted by molar-refractivity contribution is 5.28. The fraction of sp³-hybridized carbons (Fsp3) is 0.769. The van der Waals surface area contributed by atoms with Gasteiger partial charge in [0.15, 0.2) is 0 Å². The van der Waals surface area contributed by atoms with E-state index in [-0.39, 0.29) is 5.60 Å². The molecule has 1 nitrogen and oxygen atoms in total. The van der Waals surface area contributed by atoms with Gasteiger partial charge in [0.2, 0.25) is 0 Å². The van der Waals surface area contributed by atoms with Gasteiger partial charge < -0.3 is 5.11 Å². The molecule has 0 radical (unpaired) electrons. The molecule has 0 heterocycles. The van der Waals surface area contributed by atoms with Crippen molar-refractivity contribution in [2.24, 2.45) is 35.0 Å². The van der Waals surface area contributed by atoms with Crippen LogP contribution in [0.2, 0.25) is 0 Å². The molecule has 0 amide bonds. The van der Waals surface area contributed by atoms with Gasteiger partial charge in [-0.3, -0.25) is 0 Å². The average molecular weight is 367 g/mol. The van der Waals surface area contributed by atoms with E-state index < -0.39 is 0 Å². The first kappa shape index (κ1) is 18.2. The van der Waals surface area contributed by atoms with Crippen molar-refractivity contribution in [2.45, 2.75) is 90.1 Å². The Morgan fingerprint density at radius 3 is 2.33 bits per heavy atom. The van der Waals surface area contributed by atoms with Crippen LogP contribution in [0.4, 0.5) is 0 Å². The molecule has 0 bridgehead atoms. The maximum absolute atomic E-state index is 10.6. The molecule has 4 saturated carbocycles. The molecule has 1 heteroatoms. The molecular weight excluding hydrogens is 328 g/mol. The highest BCUT2D eigenvalue weighted by Crippen LogP contribution is 2.66. The zero-order valence-electron chi connectivity index (χ0n) is 17.6. The van der Waals surface area contributed by atoms with Gasteiger partial charge >= 0.3 is 0 Å². The number of aryl methyl sites for hydroxylation is 1. The third-order valence-corrected chi connectivity index (χ3v) is 9.72. The second-order valence-electron chi connectivity index (χ2n) is 11.3. The van der Waals surface area contributed by atoms with Gasteiger partial charge in [0.25, 0.3) is 0 Å². The first-order chi connectivity index (χ1) is 12.9. The summed E-state index contributed by atoms with van der Waals surface area (Å²) >= 11 is 0. The van der Waals surface area contributed by atoms with Crippen molar-refractivity contribution in [3.05, 3.63) is 35.4 Å². The molecule has 1 aromatic carbocycles. The molecule has 0 saturated heterocycles. The Kier molecular flexibility index (Phi) is 4.28. The summed E-state index contributed by atoms with van der Waals surface area (Å²) in [6.07, 6.45) is 11.9. The Morgan fingerprint density at radius 2 is 1.56 bits per heavy atom. The maximum atomic E-state index is 10.6. The summed E-state index contributed by atoms with van der Waals surface area (Å²) in [4.78, 5) is 0. The first-order valence-corrected chi connectivity index (χ1v) is 11.7. The second kappa shape index (κ2) is 6.34. The van der Waals surface area contributed by atoms with Crippen LogP contribution in [0.1, 0.15) is 88.7 Å². The van der Waals surface area contributed by atoms with Crippen LogP contribution in [0, 0.1) is 41.9 Å². The lowest BCUT2D eigenvalue weighted by Crippen LogP contribution is -2.50. The summed E-state index contributed by atoms with van der Waals surface area (Å²) in [6, 6.07) is 9.47. The minimum Gasteiger partial charge on any atom is -0.390 e. The van der Waals surface area contributed by atoms with Gasteiger partial charge in [0.1, 0.15) is 0 Å². The van der Waals surface area contributed by atoms with Gasteiger partial charge in [0, 0.05) is 0 Å². The van der Waals surface area contributed by atoms with Crippen LogP contribution >= 0.6 is 0 Å². The van der Waals surface area contributed by atoms with Gasteiger partial charge in [-0.2, -0.15) is 0 Å². The van der Waals surface area contributed by atoms with Crippen molar-refractivity contribution < 1.29 is 5.11 Å². The lowest BCUT2D eigenvalue weighted by molar-refractivity contribution is -0.0958. The van der Waals surface area contributed by atoms with Crippen LogP contribution < -0.4 is 0 Å². The van der Waals surface area contributed by atoms with Crippen molar-refractivity contribution in [1.29, 1.82) is 0 Å². The van der Waals surface area contributed by atoms with E-state index in [0.717, 1.165) is 48.3 Å². The SMILES string of the molecule is Cc1ccc([C@H]2CC[C@H]3[C@@H]4CC[C@@H]5C[C@](C)(O)CC[C@@H]5[C@H]4CC[C@]23C)cc1. The van der Waals surface area contributed by atoms with Crippen molar-refractivity contribution in [3.8, 4) is 0 Å². The summed E-state index contributed by atoms with van der Waals surface area (Å²) in [7, 11) is 0. The predicted molar refractivity (Wildman–Crippen MR) is 112 cm³/mol. The van der Waals surface area contributed by atoms with E-state index >= 15 is 0 Å². The van der Waals surface area contributed by atoms with Crippen LogP contribution in [0.25, 0.3) is 0 Å². The van der Waals surface area contributed by atoms with Gasteiger partial charge in [-0.05, 0) is 118 Å². The zero-order chi connectivity index (χ0) is 18.8. The molecule has 0 spiro atoms.